The second-order valence-corrected chi connectivity index (χ2v) is 3.84. The van der Waals surface area contributed by atoms with E-state index in [9.17, 15) is 22.4 Å². The van der Waals surface area contributed by atoms with Gasteiger partial charge in [0.25, 0.3) is 5.91 Å². The summed E-state index contributed by atoms with van der Waals surface area (Å²) in [6, 6.07) is 7.43. The number of rotatable bonds is 3. The van der Waals surface area contributed by atoms with Crippen molar-refractivity contribution in [3.8, 4) is 5.75 Å². The molecule has 0 fully saturated rings. The minimum absolute atomic E-state index is 0.233. The first-order valence-electron chi connectivity index (χ1n) is 5.63. The molecule has 1 N–H and O–H groups in total. The van der Waals surface area contributed by atoms with E-state index in [1.165, 1.54) is 24.3 Å². The van der Waals surface area contributed by atoms with E-state index in [-0.39, 0.29) is 11.3 Å². The number of benzene rings is 1. The van der Waals surface area contributed by atoms with Gasteiger partial charge in [-0.05, 0) is 24.3 Å². The zero-order valence-corrected chi connectivity index (χ0v) is 10.3. The lowest BCUT2D eigenvalue weighted by Gasteiger charge is -2.13. The van der Waals surface area contributed by atoms with Gasteiger partial charge in [-0.15, -0.1) is 13.2 Å². The van der Waals surface area contributed by atoms with E-state index < -0.39 is 24.0 Å². The monoisotopic (exact) mass is 300 g/mol. The smallest absolute Gasteiger partial charge is 0.404 e. The fourth-order valence-corrected chi connectivity index (χ4v) is 1.53. The number of anilines is 1. The van der Waals surface area contributed by atoms with Gasteiger partial charge in [0.05, 0.1) is 11.3 Å². The summed E-state index contributed by atoms with van der Waals surface area (Å²) >= 11 is 0. The Morgan fingerprint density at radius 2 is 1.86 bits per heavy atom. The highest BCUT2D eigenvalue weighted by Gasteiger charge is 2.32. The molecule has 0 atom stereocenters. The van der Waals surface area contributed by atoms with Crippen LogP contribution < -0.4 is 10.1 Å². The number of alkyl halides is 3. The molecule has 0 spiro atoms. The van der Waals surface area contributed by atoms with Crippen molar-refractivity contribution in [2.45, 2.75) is 6.36 Å². The van der Waals surface area contributed by atoms with Gasteiger partial charge >= 0.3 is 6.36 Å². The molecule has 0 aliphatic rings. The molecule has 1 amide bonds. The van der Waals surface area contributed by atoms with Crippen LogP contribution >= 0.6 is 0 Å². The molecular weight excluding hydrogens is 292 g/mol. The minimum atomic E-state index is -4.90. The molecule has 1 heterocycles. The minimum Gasteiger partial charge on any atom is -0.404 e. The van der Waals surface area contributed by atoms with Crippen LogP contribution in [0.4, 0.5) is 23.2 Å². The Kier molecular flexibility index (Phi) is 4.06. The van der Waals surface area contributed by atoms with Crippen molar-refractivity contribution in [1.82, 2.24) is 4.98 Å². The molecule has 110 valence electrons. The van der Waals surface area contributed by atoms with Gasteiger partial charge in [0.15, 0.2) is 5.75 Å². The summed E-state index contributed by atoms with van der Waals surface area (Å²) in [6.45, 7) is 0. The zero-order valence-electron chi connectivity index (χ0n) is 10.3. The Balaban J connectivity index is 2.24. The lowest BCUT2D eigenvalue weighted by atomic mass is 10.2. The van der Waals surface area contributed by atoms with Crippen molar-refractivity contribution in [3.05, 3.63) is 54.1 Å². The van der Waals surface area contributed by atoms with E-state index in [1.54, 1.807) is 0 Å². The summed E-state index contributed by atoms with van der Waals surface area (Å²) in [5, 5.41) is 2.15. The maximum Gasteiger partial charge on any atom is 0.573 e. The van der Waals surface area contributed by atoms with Gasteiger partial charge in [0.2, 0.25) is 5.95 Å². The fraction of sp³-hybridized carbons (Fsp3) is 0.0769. The highest BCUT2D eigenvalue weighted by molar-refractivity contribution is 6.04. The molecule has 2 rings (SSSR count). The third-order valence-corrected chi connectivity index (χ3v) is 2.36. The summed E-state index contributed by atoms with van der Waals surface area (Å²) in [4.78, 5) is 15.1. The molecule has 0 saturated heterocycles. The van der Waals surface area contributed by atoms with Crippen molar-refractivity contribution in [3.63, 3.8) is 0 Å². The first-order chi connectivity index (χ1) is 9.87. The molecule has 0 radical (unpaired) electrons. The van der Waals surface area contributed by atoms with E-state index in [1.807, 2.05) is 0 Å². The van der Waals surface area contributed by atoms with Crippen molar-refractivity contribution >= 4 is 11.6 Å². The van der Waals surface area contributed by atoms with E-state index in [2.05, 4.69) is 15.0 Å². The van der Waals surface area contributed by atoms with Gasteiger partial charge in [0.1, 0.15) is 0 Å². The van der Waals surface area contributed by atoms with Crippen LogP contribution in [0.1, 0.15) is 10.4 Å². The number of amides is 1. The van der Waals surface area contributed by atoms with Crippen LogP contribution in [0.5, 0.6) is 5.75 Å². The number of hydrogen-bond donors (Lipinski definition) is 1. The van der Waals surface area contributed by atoms with E-state index in [4.69, 9.17) is 0 Å². The summed E-state index contributed by atoms with van der Waals surface area (Å²) in [6.07, 6.45) is -3.76. The summed E-state index contributed by atoms with van der Waals surface area (Å²) in [5.74, 6) is -2.55. The Hall–Kier alpha value is -2.64. The number of nitrogens with zero attached hydrogens (tertiary/aromatic N) is 1. The summed E-state index contributed by atoms with van der Waals surface area (Å²) in [7, 11) is 0. The highest BCUT2D eigenvalue weighted by Crippen LogP contribution is 2.30. The van der Waals surface area contributed by atoms with Gasteiger partial charge < -0.3 is 10.1 Å². The second kappa shape index (κ2) is 5.78. The number of para-hydroxylation sites is 2. The number of carbonyl (C=O) groups excluding carboxylic acids is 1. The number of halogens is 4. The predicted octanol–water partition coefficient (Wildman–Crippen LogP) is 3.37. The van der Waals surface area contributed by atoms with Crippen LogP contribution in [-0.4, -0.2) is 17.3 Å². The van der Waals surface area contributed by atoms with Crippen molar-refractivity contribution < 1.29 is 27.1 Å². The maximum absolute atomic E-state index is 13.3. The molecule has 8 heteroatoms. The molecule has 21 heavy (non-hydrogen) atoms. The molecule has 2 aromatic rings. The van der Waals surface area contributed by atoms with Gasteiger partial charge in [-0.3, -0.25) is 4.79 Å². The molecule has 0 bridgehead atoms. The van der Waals surface area contributed by atoms with Gasteiger partial charge in [0, 0.05) is 6.20 Å². The summed E-state index contributed by atoms with van der Waals surface area (Å²) < 4.78 is 53.8. The lowest BCUT2D eigenvalue weighted by Crippen LogP contribution is -2.20. The molecular formula is C13H8F4N2O2. The van der Waals surface area contributed by atoms with Crippen molar-refractivity contribution in [2.75, 3.05) is 5.32 Å². The van der Waals surface area contributed by atoms with E-state index >= 15 is 0 Å². The van der Waals surface area contributed by atoms with Crippen LogP contribution in [0.2, 0.25) is 0 Å². The number of nitrogens with one attached hydrogen (secondary N) is 1. The third-order valence-electron chi connectivity index (χ3n) is 2.36. The molecule has 4 nitrogen and oxygen atoms in total. The first-order valence-corrected chi connectivity index (χ1v) is 5.63. The average molecular weight is 300 g/mol. The van der Waals surface area contributed by atoms with Gasteiger partial charge in [-0.1, -0.05) is 12.1 Å². The summed E-state index contributed by atoms with van der Waals surface area (Å²) in [5.41, 5.74) is -0.623. The molecule has 0 aliphatic carbocycles. The standard InChI is InChI=1S/C13H8F4N2O2/c14-11-8(4-3-7-18-11)12(20)19-9-5-1-2-6-10(9)21-13(15,16)17/h1-7H,(H,19,20). The number of pyridine rings is 1. The van der Waals surface area contributed by atoms with Crippen LogP contribution in [0, 0.1) is 5.95 Å². The maximum atomic E-state index is 13.3. The fourth-order valence-electron chi connectivity index (χ4n) is 1.53. The number of carbonyl (C=O) groups is 1. The number of ether oxygens (including phenoxy) is 1. The molecule has 1 aromatic heterocycles. The normalized spacial score (nSPS) is 11.0. The molecule has 1 aromatic carbocycles. The van der Waals surface area contributed by atoms with E-state index in [0.29, 0.717) is 0 Å². The largest absolute Gasteiger partial charge is 0.573 e. The number of hydrogen-bond acceptors (Lipinski definition) is 3. The average Bonchev–Trinajstić information content (AvgIpc) is 2.40. The molecule has 0 aliphatic heterocycles. The highest BCUT2D eigenvalue weighted by atomic mass is 19.4. The quantitative estimate of drug-likeness (QED) is 0.698. The lowest BCUT2D eigenvalue weighted by molar-refractivity contribution is -0.274. The molecule has 0 unspecified atom stereocenters. The third kappa shape index (κ3) is 3.91. The van der Waals surface area contributed by atoms with Crippen LogP contribution in [0.15, 0.2) is 42.6 Å². The van der Waals surface area contributed by atoms with Crippen molar-refractivity contribution in [1.29, 1.82) is 0 Å². The predicted molar refractivity (Wildman–Crippen MR) is 65.3 cm³/mol. The Bertz CT molecular complexity index is 659. The first kappa shape index (κ1) is 14.8. The number of aromatic nitrogens is 1. The zero-order chi connectivity index (χ0) is 15.5. The SMILES string of the molecule is O=C(Nc1ccccc1OC(F)(F)F)c1cccnc1F. The van der Waals surface area contributed by atoms with Crippen LogP contribution in [0.25, 0.3) is 0 Å². The van der Waals surface area contributed by atoms with Gasteiger partial charge in [-0.25, -0.2) is 4.98 Å². The van der Waals surface area contributed by atoms with Crippen LogP contribution in [0.3, 0.4) is 0 Å². The Morgan fingerprint density at radius 3 is 2.52 bits per heavy atom. The van der Waals surface area contributed by atoms with Crippen LogP contribution in [-0.2, 0) is 0 Å². The van der Waals surface area contributed by atoms with Crippen molar-refractivity contribution in [2.24, 2.45) is 0 Å². The second-order valence-electron chi connectivity index (χ2n) is 3.84. The topological polar surface area (TPSA) is 51.2 Å². The molecule has 0 saturated carbocycles. The Morgan fingerprint density at radius 1 is 1.14 bits per heavy atom. The van der Waals surface area contributed by atoms with E-state index in [0.717, 1.165) is 18.3 Å². The Labute approximate surface area is 116 Å². The van der Waals surface area contributed by atoms with Gasteiger partial charge in [-0.2, -0.15) is 4.39 Å².